The molecule has 1 heterocycles. The Hall–Kier alpha value is -5.45. The molecular weight excluding hydrogens is 1040 g/mol. The van der Waals surface area contributed by atoms with Crippen molar-refractivity contribution in [3.63, 3.8) is 0 Å². The first-order valence-electron chi connectivity index (χ1n) is 26.8. The van der Waals surface area contributed by atoms with Gasteiger partial charge in [-0.05, 0) is 68.1 Å². The minimum Gasteiger partial charge on any atom is -0.420 e. The summed E-state index contributed by atoms with van der Waals surface area (Å²) in [6, 6.07) is 7.82. The molecule has 1 aliphatic heterocycles. The maximum Gasteiger partial charge on any atom is 0.313 e. The molecule has 0 aromatic heterocycles. The van der Waals surface area contributed by atoms with Crippen LogP contribution >= 0.6 is 0 Å². The predicted octanol–water partition coefficient (Wildman–Crippen LogP) is 6.54. The van der Waals surface area contributed by atoms with Gasteiger partial charge in [0.25, 0.3) is 0 Å². The van der Waals surface area contributed by atoms with Gasteiger partial charge in [-0.15, -0.1) is 0 Å². The smallest absolute Gasteiger partial charge is 0.313 e. The van der Waals surface area contributed by atoms with Crippen LogP contribution in [-0.2, 0) is 59.4 Å². The van der Waals surface area contributed by atoms with Crippen molar-refractivity contribution >= 4 is 51.2 Å². The molecule has 0 spiro atoms. The second-order valence-corrected chi connectivity index (χ2v) is 22.9. The number of sulfonamides is 1. The summed E-state index contributed by atoms with van der Waals surface area (Å²) in [7, 11) is 8.00. The SMILES string of the molecule is CC[C@H](C)[C@@H]([C@@H](CC(=O)N1CCC[C@H]1[C@H](OC)[C@@H](C)C(=O)C[C@@H](Cc1ccccc1)C(=O)NS(=O)(=O)CCCCC(=O)CCOCCC(=O)Oc1c(F)c(C)cc(F)c1F)OC)N(C)C(=O)[C@@H](N=C(N(C)C)N(C)C)C(C)C. The lowest BCUT2D eigenvalue weighted by Crippen LogP contribution is -2.55. The van der Waals surface area contributed by atoms with Gasteiger partial charge in [0.05, 0.1) is 56.1 Å². The highest BCUT2D eigenvalue weighted by Crippen LogP contribution is 2.32. The first-order valence-corrected chi connectivity index (χ1v) is 28.4. The van der Waals surface area contributed by atoms with Crippen molar-refractivity contribution in [3.05, 3.63) is 65.0 Å². The summed E-state index contributed by atoms with van der Waals surface area (Å²) >= 11 is 0. The second-order valence-electron chi connectivity index (χ2n) is 21.1. The molecule has 2 aromatic carbocycles. The fourth-order valence-electron chi connectivity index (χ4n) is 9.80. The van der Waals surface area contributed by atoms with Gasteiger partial charge >= 0.3 is 5.97 Å². The molecular formula is C56H85F3N6O12S. The van der Waals surface area contributed by atoms with E-state index < -0.39 is 99.4 Å². The van der Waals surface area contributed by atoms with Crippen LogP contribution in [0.25, 0.3) is 0 Å². The Balaban J connectivity index is 1.64. The Labute approximate surface area is 460 Å². The fourth-order valence-corrected chi connectivity index (χ4v) is 11.0. The Morgan fingerprint density at radius 2 is 1.50 bits per heavy atom. The normalized spacial score (nSPS) is 16.3. The zero-order chi connectivity index (χ0) is 58.6. The summed E-state index contributed by atoms with van der Waals surface area (Å²) in [5.41, 5.74) is 0.453. The van der Waals surface area contributed by atoms with Crippen LogP contribution in [0.1, 0.15) is 110 Å². The summed E-state index contributed by atoms with van der Waals surface area (Å²) in [5, 5.41) is 0. The number of nitrogens with one attached hydrogen (secondary N) is 1. The van der Waals surface area contributed by atoms with Crippen molar-refractivity contribution in [2.45, 2.75) is 143 Å². The lowest BCUT2D eigenvalue weighted by atomic mass is 9.85. The van der Waals surface area contributed by atoms with Crippen molar-refractivity contribution in [1.29, 1.82) is 0 Å². The van der Waals surface area contributed by atoms with E-state index in [9.17, 15) is 50.4 Å². The van der Waals surface area contributed by atoms with Gasteiger partial charge in [-0.1, -0.05) is 71.4 Å². The average molecular weight is 1120 g/mol. The van der Waals surface area contributed by atoms with Crippen molar-refractivity contribution < 1.29 is 69.3 Å². The molecule has 18 nitrogen and oxygen atoms in total. The van der Waals surface area contributed by atoms with E-state index in [4.69, 9.17) is 19.2 Å². The van der Waals surface area contributed by atoms with Crippen LogP contribution in [0.5, 0.6) is 5.75 Å². The number of nitrogens with zero attached hydrogens (tertiary/aromatic N) is 5. The third-order valence-electron chi connectivity index (χ3n) is 14.3. The van der Waals surface area contributed by atoms with Gasteiger partial charge in [-0.2, -0.15) is 4.39 Å². The number of rotatable bonds is 32. The topological polar surface area (TPSA) is 211 Å². The molecule has 0 unspecified atom stereocenters. The van der Waals surface area contributed by atoms with Crippen molar-refractivity contribution in [3.8, 4) is 5.75 Å². The highest BCUT2D eigenvalue weighted by atomic mass is 32.2. The predicted molar refractivity (Wildman–Crippen MR) is 290 cm³/mol. The molecule has 3 rings (SSSR count). The van der Waals surface area contributed by atoms with Crippen LogP contribution in [0, 0.1) is 48.0 Å². The largest absolute Gasteiger partial charge is 0.420 e. The number of esters is 1. The standard InChI is InChI=1S/C56H85F3N6O12S/c1-14-36(4)51(64(11)55(71)50(35(2)3)60-56(62(7)8)63(9)10)45(74-12)34-46(68)65-27-20-24-43(65)52(75-13)38(6)44(67)33-40(32-39-21-16-15-17-22-39)54(70)61-78(72,73)30-19-18-23-41(66)25-28-76-29-26-47(69)77-53-48(58)37(5)31-42(57)49(53)59/h15-17,21-22,31,35-36,38,40,43,45,50-52H,14,18-20,23-30,32-34H2,1-13H3,(H,61,70)/t36-,38-,40+,43-,45+,50-,51-,52+/m0/s1. The highest BCUT2D eigenvalue weighted by molar-refractivity contribution is 7.90. The van der Waals surface area contributed by atoms with E-state index in [1.807, 2.05) is 65.7 Å². The number of halogens is 3. The molecule has 1 fully saturated rings. The van der Waals surface area contributed by atoms with E-state index >= 15 is 0 Å². The lowest BCUT2D eigenvalue weighted by Gasteiger charge is -2.40. The number of unbranched alkanes of at least 4 members (excludes halogenated alkanes) is 1. The molecule has 438 valence electrons. The quantitative estimate of drug-likeness (QED) is 0.0206. The molecule has 1 saturated heterocycles. The van der Waals surface area contributed by atoms with E-state index in [0.29, 0.717) is 43.4 Å². The number of aliphatic imine (C=N–C) groups is 1. The van der Waals surface area contributed by atoms with E-state index in [1.165, 1.54) is 21.1 Å². The molecule has 0 radical (unpaired) electrons. The maximum atomic E-state index is 14.5. The Morgan fingerprint density at radius 1 is 0.859 bits per heavy atom. The summed E-state index contributed by atoms with van der Waals surface area (Å²) in [6.45, 7) is 10.9. The number of methoxy groups -OCH3 is 2. The van der Waals surface area contributed by atoms with Crippen molar-refractivity contribution in [2.75, 3.05) is 75.0 Å². The third kappa shape index (κ3) is 19.7. The van der Waals surface area contributed by atoms with Crippen LogP contribution < -0.4 is 9.46 Å². The molecule has 8 atom stereocenters. The van der Waals surface area contributed by atoms with E-state index in [0.717, 1.165) is 0 Å². The molecule has 78 heavy (non-hydrogen) atoms. The maximum absolute atomic E-state index is 14.5. The number of ether oxygens (including phenoxy) is 4. The van der Waals surface area contributed by atoms with Crippen LogP contribution in [0.2, 0.25) is 0 Å². The highest BCUT2D eigenvalue weighted by Gasteiger charge is 2.43. The summed E-state index contributed by atoms with van der Waals surface area (Å²) in [4.78, 5) is 93.5. The van der Waals surface area contributed by atoms with E-state index in [-0.39, 0.29) is 98.9 Å². The molecule has 0 aliphatic carbocycles. The first-order chi connectivity index (χ1) is 36.7. The molecule has 1 N–H and O–H groups in total. The molecule has 0 bridgehead atoms. The number of guanidine groups is 1. The number of hydrogen-bond donors (Lipinski definition) is 1. The number of carbonyl (C=O) groups excluding carboxylic acids is 6. The second kappa shape index (κ2) is 32.0. The fraction of sp³-hybridized carbons (Fsp3) is 0.661. The van der Waals surface area contributed by atoms with Gasteiger partial charge in [0.1, 0.15) is 17.6 Å². The Kier molecular flexibility index (Phi) is 27.4. The number of Topliss-reactive ketones (excluding diaryl/α,β-unsaturated/α-hetero) is 2. The van der Waals surface area contributed by atoms with Crippen LogP contribution in [0.15, 0.2) is 41.4 Å². The molecule has 1 aliphatic rings. The summed E-state index contributed by atoms with van der Waals surface area (Å²) < 4.78 is 92.4. The zero-order valence-corrected chi connectivity index (χ0v) is 48.8. The van der Waals surface area contributed by atoms with Gasteiger partial charge in [0.2, 0.25) is 39.3 Å². The summed E-state index contributed by atoms with van der Waals surface area (Å²) in [5.74, 6) is -10.3. The Bertz CT molecular complexity index is 2430. The Morgan fingerprint density at radius 3 is 2.09 bits per heavy atom. The summed E-state index contributed by atoms with van der Waals surface area (Å²) in [6.07, 6.45) is -0.212. The van der Waals surface area contributed by atoms with Crippen LogP contribution in [0.3, 0.4) is 0 Å². The number of aryl methyl sites for hydroxylation is 1. The van der Waals surface area contributed by atoms with Gasteiger partial charge in [-0.3, -0.25) is 33.5 Å². The zero-order valence-electron chi connectivity index (χ0n) is 47.9. The molecule has 3 amide bonds. The van der Waals surface area contributed by atoms with Crippen LogP contribution in [0.4, 0.5) is 13.2 Å². The number of amides is 3. The number of likely N-dealkylation sites (N-methyl/N-ethyl adjacent to an activating group) is 1. The van der Waals surface area contributed by atoms with Gasteiger partial charge < -0.3 is 38.5 Å². The van der Waals surface area contributed by atoms with Gasteiger partial charge in [-0.25, -0.2) is 22.2 Å². The minimum absolute atomic E-state index is 0.00560. The number of benzene rings is 2. The lowest BCUT2D eigenvalue weighted by molar-refractivity contribution is -0.146. The van der Waals surface area contributed by atoms with Crippen molar-refractivity contribution in [1.82, 2.24) is 24.3 Å². The van der Waals surface area contributed by atoms with Gasteiger partial charge in [0, 0.05) is 87.1 Å². The minimum atomic E-state index is -4.21. The van der Waals surface area contributed by atoms with E-state index in [2.05, 4.69) is 9.46 Å². The number of hydrogen-bond acceptors (Lipinski definition) is 13. The molecule has 22 heteroatoms. The number of ketones is 2. The molecule has 0 saturated carbocycles. The first kappa shape index (κ1) is 66.8. The number of carbonyl (C=O) groups is 6. The third-order valence-corrected chi connectivity index (χ3v) is 15.6. The monoisotopic (exact) mass is 1120 g/mol. The van der Waals surface area contributed by atoms with Crippen molar-refractivity contribution in [2.24, 2.45) is 28.7 Å². The van der Waals surface area contributed by atoms with Gasteiger partial charge in [0.15, 0.2) is 17.6 Å². The van der Waals surface area contributed by atoms with Crippen LogP contribution in [-0.4, -0.2) is 175 Å². The van der Waals surface area contributed by atoms with E-state index in [1.54, 1.807) is 54.1 Å². The number of likely N-dealkylation sites (tertiary alicyclic amines) is 1. The molecule has 2 aromatic rings. The average Bonchev–Trinajstić information content (AvgIpc) is 3.87.